The lowest BCUT2D eigenvalue weighted by Gasteiger charge is -2.11. The van der Waals surface area contributed by atoms with Gasteiger partial charge in [-0.05, 0) is 18.4 Å². The molecule has 0 spiro atoms. The molecule has 0 fully saturated rings. The fourth-order valence-corrected chi connectivity index (χ4v) is 1.91. The fourth-order valence-electron chi connectivity index (χ4n) is 1.91. The molecule has 1 aromatic rings. The Kier molecular flexibility index (Phi) is 6.12. The third kappa shape index (κ3) is 4.70. The van der Waals surface area contributed by atoms with Gasteiger partial charge in [-0.1, -0.05) is 50.1 Å². The first-order valence-electron chi connectivity index (χ1n) is 6.44. The molecule has 1 rings (SSSR count). The minimum Gasteiger partial charge on any atom is -0.481 e. The number of aliphatic carboxylic acids is 1. The number of Topliss-reactive ketones (excluding diaryl/α,β-unsaturated/α-hetero) is 1. The molecule has 1 aromatic carbocycles. The van der Waals surface area contributed by atoms with Gasteiger partial charge in [0.1, 0.15) is 11.7 Å². The maximum absolute atomic E-state index is 11.9. The van der Waals surface area contributed by atoms with Crippen molar-refractivity contribution in [3.63, 3.8) is 0 Å². The van der Waals surface area contributed by atoms with E-state index in [1.165, 1.54) is 0 Å². The maximum Gasteiger partial charge on any atom is 0.314 e. The molecule has 0 bridgehead atoms. The van der Waals surface area contributed by atoms with Crippen molar-refractivity contribution in [2.24, 2.45) is 5.92 Å². The predicted octanol–water partition coefficient (Wildman–Crippen LogP) is 3.08. The first-order chi connectivity index (χ1) is 8.65. The Hall–Kier alpha value is -1.64. The molecule has 0 aliphatic rings. The lowest BCUT2D eigenvalue weighted by molar-refractivity contribution is -0.146. The molecule has 0 saturated carbocycles. The summed E-state index contributed by atoms with van der Waals surface area (Å²) in [6.45, 7) is 2.06. The summed E-state index contributed by atoms with van der Waals surface area (Å²) >= 11 is 0. The second kappa shape index (κ2) is 7.64. The molecule has 18 heavy (non-hydrogen) atoms. The highest BCUT2D eigenvalue weighted by molar-refractivity contribution is 5.98. The van der Waals surface area contributed by atoms with Gasteiger partial charge in [-0.25, -0.2) is 0 Å². The monoisotopic (exact) mass is 248 g/mol. The van der Waals surface area contributed by atoms with Gasteiger partial charge in [0, 0.05) is 6.42 Å². The van der Waals surface area contributed by atoms with Crippen molar-refractivity contribution in [2.45, 2.75) is 39.0 Å². The van der Waals surface area contributed by atoms with Crippen molar-refractivity contribution in [2.75, 3.05) is 0 Å². The van der Waals surface area contributed by atoms with E-state index < -0.39 is 11.9 Å². The summed E-state index contributed by atoms with van der Waals surface area (Å²) in [5.41, 5.74) is 0.897. The summed E-state index contributed by atoms with van der Waals surface area (Å²) in [7, 11) is 0. The first-order valence-corrected chi connectivity index (χ1v) is 6.44. The van der Waals surface area contributed by atoms with Crippen molar-refractivity contribution in [3.05, 3.63) is 35.9 Å². The van der Waals surface area contributed by atoms with E-state index in [1.54, 1.807) is 0 Å². The number of ketones is 1. The molecule has 0 saturated heterocycles. The summed E-state index contributed by atoms with van der Waals surface area (Å²) in [6, 6.07) is 9.30. The normalized spacial score (nSPS) is 12.1. The highest BCUT2D eigenvalue weighted by atomic mass is 16.4. The van der Waals surface area contributed by atoms with E-state index in [2.05, 4.69) is 6.92 Å². The second-order valence-electron chi connectivity index (χ2n) is 4.50. The minimum absolute atomic E-state index is 0.153. The molecule has 1 N–H and O–H groups in total. The Bertz CT molecular complexity index is 384. The molecule has 0 amide bonds. The van der Waals surface area contributed by atoms with Gasteiger partial charge >= 0.3 is 5.97 Å². The standard InChI is InChI=1S/C15H20O3/c1-2-3-5-10-14(16)13(15(17)18)11-12-8-6-4-7-9-12/h4,6-9,13H,2-3,5,10-11H2,1H3,(H,17,18). The Balaban J connectivity index is 2.60. The average Bonchev–Trinajstić information content (AvgIpc) is 2.37. The van der Waals surface area contributed by atoms with Gasteiger partial charge in [0.15, 0.2) is 0 Å². The number of benzene rings is 1. The van der Waals surface area contributed by atoms with E-state index in [0.717, 1.165) is 24.8 Å². The predicted molar refractivity (Wildman–Crippen MR) is 70.4 cm³/mol. The van der Waals surface area contributed by atoms with Crippen LogP contribution in [-0.2, 0) is 16.0 Å². The number of carbonyl (C=O) groups excluding carboxylic acids is 1. The summed E-state index contributed by atoms with van der Waals surface area (Å²) in [5, 5.41) is 9.14. The van der Waals surface area contributed by atoms with Gasteiger partial charge in [-0.15, -0.1) is 0 Å². The van der Waals surface area contributed by atoms with Crippen LogP contribution in [-0.4, -0.2) is 16.9 Å². The fraction of sp³-hybridized carbons (Fsp3) is 0.467. The first kappa shape index (κ1) is 14.4. The van der Waals surface area contributed by atoms with Crippen LogP contribution in [0, 0.1) is 5.92 Å². The summed E-state index contributed by atoms with van der Waals surface area (Å²) in [5.74, 6) is -2.07. The maximum atomic E-state index is 11.9. The summed E-state index contributed by atoms with van der Waals surface area (Å²) in [4.78, 5) is 23.0. The molecule has 0 aliphatic heterocycles. The lowest BCUT2D eigenvalue weighted by atomic mass is 9.92. The van der Waals surface area contributed by atoms with Crippen LogP contribution in [0.4, 0.5) is 0 Å². The Morgan fingerprint density at radius 2 is 1.83 bits per heavy atom. The van der Waals surface area contributed by atoms with E-state index in [9.17, 15) is 9.59 Å². The van der Waals surface area contributed by atoms with Crippen LogP contribution in [0.3, 0.4) is 0 Å². The second-order valence-corrected chi connectivity index (χ2v) is 4.50. The van der Waals surface area contributed by atoms with Crippen LogP contribution in [0.2, 0.25) is 0 Å². The molecule has 98 valence electrons. The van der Waals surface area contributed by atoms with Gasteiger partial charge in [0.05, 0.1) is 0 Å². The van der Waals surface area contributed by atoms with Crippen LogP contribution in [0.25, 0.3) is 0 Å². The van der Waals surface area contributed by atoms with E-state index >= 15 is 0 Å². The molecular formula is C15H20O3. The van der Waals surface area contributed by atoms with Crippen LogP contribution in [0.5, 0.6) is 0 Å². The highest BCUT2D eigenvalue weighted by Gasteiger charge is 2.25. The highest BCUT2D eigenvalue weighted by Crippen LogP contribution is 2.14. The van der Waals surface area contributed by atoms with E-state index in [1.807, 2.05) is 30.3 Å². The van der Waals surface area contributed by atoms with Crippen molar-refractivity contribution in [3.8, 4) is 0 Å². The zero-order valence-corrected chi connectivity index (χ0v) is 10.8. The number of rotatable bonds is 8. The van der Waals surface area contributed by atoms with Crippen molar-refractivity contribution in [1.29, 1.82) is 0 Å². The molecule has 1 unspecified atom stereocenters. The number of hydrogen-bond donors (Lipinski definition) is 1. The summed E-state index contributed by atoms with van der Waals surface area (Å²) < 4.78 is 0. The SMILES string of the molecule is CCCCCC(=O)C(Cc1ccccc1)C(=O)O. The van der Waals surface area contributed by atoms with Gasteiger partial charge in [0.2, 0.25) is 0 Å². The van der Waals surface area contributed by atoms with Crippen molar-refractivity contribution in [1.82, 2.24) is 0 Å². The number of carboxylic acids is 1. The van der Waals surface area contributed by atoms with Gasteiger partial charge in [0.25, 0.3) is 0 Å². The number of carboxylic acid groups (broad SMARTS) is 1. The molecule has 3 nitrogen and oxygen atoms in total. The van der Waals surface area contributed by atoms with Gasteiger partial charge < -0.3 is 5.11 Å². The number of hydrogen-bond acceptors (Lipinski definition) is 2. The van der Waals surface area contributed by atoms with Gasteiger partial charge in [-0.3, -0.25) is 9.59 Å². The Labute approximate surface area is 108 Å². The molecule has 0 aromatic heterocycles. The Morgan fingerprint density at radius 3 is 2.39 bits per heavy atom. The lowest BCUT2D eigenvalue weighted by Crippen LogP contribution is -2.25. The van der Waals surface area contributed by atoms with Crippen LogP contribution < -0.4 is 0 Å². The third-order valence-corrected chi connectivity index (χ3v) is 3.00. The molecule has 0 heterocycles. The summed E-state index contributed by atoms with van der Waals surface area (Å²) in [6.07, 6.45) is 3.46. The van der Waals surface area contributed by atoms with Gasteiger partial charge in [-0.2, -0.15) is 0 Å². The largest absolute Gasteiger partial charge is 0.481 e. The van der Waals surface area contributed by atoms with Crippen LogP contribution in [0.1, 0.15) is 38.2 Å². The van der Waals surface area contributed by atoms with Crippen LogP contribution in [0.15, 0.2) is 30.3 Å². The van der Waals surface area contributed by atoms with Crippen LogP contribution >= 0.6 is 0 Å². The number of carbonyl (C=O) groups is 2. The molecular weight excluding hydrogens is 228 g/mol. The third-order valence-electron chi connectivity index (χ3n) is 3.00. The van der Waals surface area contributed by atoms with E-state index in [0.29, 0.717) is 12.8 Å². The number of unbranched alkanes of at least 4 members (excludes halogenated alkanes) is 2. The van der Waals surface area contributed by atoms with E-state index in [-0.39, 0.29) is 5.78 Å². The van der Waals surface area contributed by atoms with Crippen molar-refractivity contribution >= 4 is 11.8 Å². The molecule has 3 heteroatoms. The molecule has 1 atom stereocenters. The average molecular weight is 248 g/mol. The molecule has 0 aliphatic carbocycles. The minimum atomic E-state index is -1.01. The topological polar surface area (TPSA) is 54.4 Å². The van der Waals surface area contributed by atoms with Crippen molar-refractivity contribution < 1.29 is 14.7 Å². The smallest absolute Gasteiger partial charge is 0.314 e. The zero-order chi connectivity index (χ0) is 13.4. The zero-order valence-electron chi connectivity index (χ0n) is 10.8. The molecule has 0 radical (unpaired) electrons. The Morgan fingerprint density at radius 1 is 1.17 bits per heavy atom. The quantitative estimate of drug-likeness (QED) is 0.568. The van der Waals surface area contributed by atoms with E-state index in [4.69, 9.17) is 5.11 Å².